The van der Waals surface area contributed by atoms with E-state index in [1.807, 2.05) is 6.21 Å². The fourth-order valence-corrected chi connectivity index (χ4v) is 1.68. The van der Waals surface area contributed by atoms with Gasteiger partial charge in [0.05, 0.1) is 6.67 Å². The third-order valence-electron chi connectivity index (χ3n) is 2.58. The number of hydrogen-bond acceptors (Lipinski definition) is 2. The van der Waals surface area contributed by atoms with E-state index in [1.165, 1.54) is 45.1 Å². The van der Waals surface area contributed by atoms with E-state index in [0.717, 1.165) is 13.2 Å². The Balaban J connectivity index is 1.78. The van der Waals surface area contributed by atoms with Crippen molar-refractivity contribution in [2.24, 2.45) is 4.99 Å². The van der Waals surface area contributed by atoms with Crippen molar-refractivity contribution in [1.29, 1.82) is 0 Å². The van der Waals surface area contributed by atoms with Crippen LogP contribution in [0.25, 0.3) is 0 Å². The first-order chi connectivity index (χ1) is 6.43. The third-order valence-corrected chi connectivity index (χ3v) is 2.58. The Bertz CT molecular complexity index is 135. The highest BCUT2D eigenvalue weighted by molar-refractivity contribution is 5.61. The molecule has 0 aromatic carbocycles. The smallest absolute Gasteiger partial charge is 0.0909 e. The Labute approximate surface area is 82.0 Å². The van der Waals surface area contributed by atoms with Gasteiger partial charge in [0.2, 0.25) is 0 Å². The second kappa shape index (κ2) is 7.07. The predicted molar refractivity (Wildman–Crippen MR) is 58.3 cm³/mol. The number of nitrogens with zero attached hydrogens (tertiary/aromatic N) is 2. The normalized spacial score (nSPS) is 17.0. The van der Waals surface area contributed by atoms with Crippen LogP contribution in [-0.2, 0) is 0 Å². The maximum atomic E-state index is 4.19. The van der Waals surface area contributed by atoms with E-state index in [0.29, 0.717) is 0 Å². The molecule has 0 radical (unpaired) electrons. The summed E-state index contributed by atoms with van der Waals surface area (Å²) in [6.07, 6.45) is 10.4. The Morgan fingerprint density at radius 2 is 1.92 bits per heavy atom. The summed E-state index contributed by atoms with van der Waals surface area (Å²) in [4.78, 5) is 6.60. The summed E-state index contributed by atoms with van der Waals surface area (Å²) >= 11 is 0. The molecule has 0 bridgehead atoms. The minimum absolute atomic E-state index is 0.939. The van der Waals surface area contributed by atoms with Gasteiger partial charge in [0.1, 0.15) is 0 Å². The van der Waals surface area contributed by atoms with E-state index in [4.69, 9.17) is 0 Å². The largest absolute Gasteiger partial charge is 0.281 e. The second-order valence-corrected chi connectivity index (χ2v) is 3.85. The van der Waals surface area contributed by atoms with Crippen LogP contribution >= 0.6 is 0 Å². The van der Waals surface area contributed by atoms with Gasteiger partial charge in [0.15, 0.2) is 0 Å². The fraction of sp³-hybridized carbons (Fsp3) is 0.909. The summed E-state index contributed by atoms with van der Waals surface area (Å²) in [5.41, 5.74) is 0. The van der Waals surface area contributed by atoms with Crippen molar-refractivity contribution < 1.29 is 0 Å². The molecular formula is C11H22N2. The van der Waals surface area contributed by atoms with Gasteiger partial charge in [-0.1, -0.05) is 39.0 Å². The van der Waals surface area contributed by atoms with Gasteiger partial charge in [-0.25, -0.2) is 0 Å². The molecule has 1 aliphatic heterocycles. The van der Waals surface area contributed by atoms with Crippen molar-refractivity contribution in [2.75, 3.05) is 19.8 Å². The lowest BCUT2D eigenvalue weighted by Gasteiger charge is -2.12. The first-order valence-electron chi connectivity index (χ1n) is 5.64. The van der Waals surface area contributed by atoms with Crippen LogP contribution in [0.5, 0.6) is 0 Å². The zero-order valence-corrected chi connectivity index (χ0v) is 8.84. The molecule has 0 aromatic heterocycles. The second-order valence-electron chi connectivity index (χ2n) is 3.85. The summed E-state index contributed by atoms with van der Waals surface area (Å²) in [5.74, 6) is 0. The molecule has 0 spiro atoms. The van der Waals surface area contributed by atoms with Gasteiger partial charge in [-0.05, 0) is 6.42 Å². The van der Waals surface area contributed by atoms with Crippen LogP contribution in [-0.4, -0.2) is 30.9 Å². The standard InChI is InChI=1S/C11H22N2/c1-2-3-4-5-6-7-9-13-10-8-12-11-13/h8H,2-7,9-11H2,1H3. The average molecular weight is 182 g/mol. The van der Waals surface area contributed by atoms with Crippen molar-refractivity contribution in [3.05, 3.63) is 0 Å². The molecule has 1 aliphatic rings. The van der Waals surface area contributed by atoms with Crippen LogP contribution in [0.1, 0.15) is 45.4 Å². The Hall–Kier alpha value is -0.370. The van der Waals surface area contributed by atoms with Gasteiger partial charge in [0, 0.05) is 19.3 Å². The molecule has 1 rings (SSSR count). The van der Waals surface area contributed by atoms with Crippen molar-refractivity contribution in [3.63, 3.8) is 0 Å². The highest BCUT2D eigenvalue weighted by Crippen LogP contribution is 2.06. The van der Waals surface area contributed by atoms with E-state index in [9.17, 15) is 0 Å². The SMILES string of the molecule is CCCCCCCCN1CC=NC1. The first-order valence-corrected chi connectivity index (χ1v) is 5.64. The maximum absolute atomic E-state index is 4.19. The highest BCUT2D eigenvalue weighted by atomic mass is 15.2. The number of aliphatic imine (C=N–C) groups is 1. The van der Waals surface area contributed by atoms with E-state index < -0.39 is 0 Å². The van der Waals surface area contributed by atoms with E-state index in [-0.39, 0.29) is 0 Å². The van der Waals surface area contributed by atoms with Crippen molar-refractivity contribution in [3.8, 4) is 0 Å². The lowest BCUT2D eigenvalue weighted by Crippen LogP contribution is -2.21. The molecule has 0 N–H and O–H groups in total. The van der Waals surface area contributed by atoms with Gasteiger partial charge in [-0.3, -0.25) is 9.89 Å². The maximum Gasteiger partial charge on any atom is 0.0909 e. The van der Waals surface area contributed by atoms with Gasteiger partial charge >= 0.3 is 0 Å². The molecule has 2 heteroatoms. The van der Waals surface area contributed by atoms with E-state index in [2.05, 4.69) is 16.8 Å². The van der Waals surface area contributed by atoms with E-state index in [1.54, 1.807) is 0 Å². The van der Waals surface area contributed by atoms with E-state index >= 15 is 0 Å². The molecule has 0 amide bonds. The minimum Gasteiger partial charge on any atom is -0.281 e. The third kappa shape index (κ3) is 5.04. The van der Waals surface area contributed by atoms with Crippen molar-refractivity contribution in [2.45, 2.75) is 45.4 Å². The number of unbranched alkanes of at least 4 members (excludes halogenated alkanes) is 5. The topological polar surface area (TPSA) is 15.6 Å². The molecule has 76 valence electrons. The van der Waals surface area contributed by atoms with Gasteiger partial charge < -0.3 is 0 Å². The molecule has 0 aromatic rings. The molecule has 0 fully saturated rings. The van der Waals surface area contributed by atoms with Crippen LogP contribution in [0.2, 0.25) is 0 Å². The molecule has 13 heavy (non-hydrogen) atoms. The lowest BCUT2D eigenvalue weighted by molar-refractivity contribution is 0.331. The van der Waals surface area contributed by atoms with Crippen molar-refractivity contribution in [1.82, 2.24) is 4.90 Å². The zero-order chi connectivity index (χ0) is 9.36. The van der Waals surface area contributed by atoms with Crippen LogP contribution in [0.4, 0.5) is 0 Å². The quantitative estimate of drug-likeness (QED) is 0.553. The van der Waals surface area contributed by atoms with Crippen LogP contribution in [0, 0.1) is 0 Å². The first kappa shape index (κ1) is 10.7. The summed E-state index contributed by atoms with van der Waals surface area (Å²) in [6.45, 7) is 5.53. The molecule has 0 saturated carbocycles. The summed E-state index contributed by atoms with van der Waals surface area (Å²) < 4.78 is 0. The fourth-order valence-electron chi connectivity index (χ4n) is 1.68. The minimum atomic E-state index is 0.939. The van der Waals surface area contributed by atoms with Gasteiger partial charge in [-0.2, -0.15) is 0 Å². The average Bonchev–Trinajstić information content (AvgIpc) is 2.63. The lowest BCUT2D eigenvalue weighted by atomic mass is 10.1. The monoisotopic (exact) mass is 182 g/mol. The predicted octanol–water partition coefficient (Wildman–Crippen LogP) is 2.69. The van der Waals surface area contributed by atoms with Crippen LogP contribution < -0.4 is 0 Å². The molecule has 0 unspecified atom stereocenters. The number of hydrogen-bond donors (Lipinski definition) is 0. The number of rotatable bonds is 7. The molecular weight excluding hydrogens is 160 g/mol. The Kier molecular flexibility index (Phi) is 5.83. The molecule has 0 atom stereocenters. The van der Waals surface area contributed by atoms with Crippen LogP contribution in [0.3, 0.4) is 0 Å². The summed E-state index contributed by atoms with van der Waals surface area (Å²) in [5, 5.41) is 0. The zero-order valence-electron chi connectivity index (χ0n) is 8.84. The Morgan fingerprint density at radius 1 is 1.15 bits per heavy atom. The van der Waals surface area contributed by atoms with Crippen molar-refractivity contribution >= 4 is 6.21 Å². The van der Waals surface area contributed by atoms with Gasteiger partial charge in [0.25, 0.3) is 0 Å². The van der Waals surface area contributed by atoms with Crippen LogP contribution in [0.15, 0.2) is 4.99 Å². The Morgan fingerprint density at radius 3 is 2.62 bits per heavy atom. The van der Waals surface area contributed by atoms with Gasteiger partial charge in [-0.15, -0.1) is 0 Å². The molecule has 0 saturated heterocycles. The summed E-state index contributed by atoms with van der Waals surface area (Å²) in [6, 6.07) is 0. The molecule has 0 aliphatic carbocycles. The molecule has 2 nitrogen and oxygen atoms in total. The highest BCUT2D eigenvalue weighted by Gasteiger charge is 2.05. The summed E-state index contributed by atoms with van der Waals surface area (Å²) in [7, 11) is 0. The molecule has 1 heterocycles.